The first-order chi connectivity index (χ1) is 9.63. The highest BCUT2D eigenvalue weighted by molar-refractivity contribution is 5.76. The average Bonchev–Trinajstić information content (AvgIpc) is 2.46. The van der Waals surface area contributed by atoms with Gasteiger partial charge in [-0.3, -0.25) is 4.79 Å². The van der Waals surface area contributed by atoms with E-state index in [1.54, 1.807) is 25.3 Å². The van der Waals surface area contributed by atoms with E-state index in [4.69, 9.17) is 4.74 Å². The minimum atomic E-state index is -0.296. The van der Waals surface area contributed by atoms with E-state index >= 15 is 0 Å². The summed E-state index contributed by atoms with van der Waals surface area (Å²) >= 11 is 0. The van der Waals surface area contributed by atoms with Gasteiger partial charge in [0.05, 0.1) is 7.11 Å². The second-order valence-electron chi connectivity index (χ2n) is 4.50. The summed E-state index contributed by atoms with van der Waals surface area (Å²) in [5.41, 5.74) is 3.25. The smallest absolute Gasteiger partial charge is 0.150 e. The summed E-state index contributed by atoms with van der Waals surface area (Å²) in [6.45, 7) is 2.36. The summed E-state index contributed by atoms with van der Waals surface area (Å²) in [4.78, 5) is 10.7. The first-order valence-corrected chi connectivity index (χ1v) is 6.26. The molecule has 1 N–H and O–H groups in total. The maximum Gasteiger partial charge on any atom is 0.150 e. The Labute approximate surface area is 117 Å². The number of halogens is 1. The lowest BCUT2D eigenvalue weighted by atomic mass is 10.1. The number of hydrogen-bond donors (Lipinski definition) is 1. The van der Waals surface area contributed by atoms with Gasteiger partial charge < -0.3 is 10.1 Å². The number of ether oxygens (including phenoxy) is 1. The Morgan fingerprint density at radius 3 is 2.70 bits per heavy atom. The Kier molecular flexibility index (Phi) is 4.35. The number of methoxy groups -OCH3 is 1. The van der Waals surface area contributed by atoms with Crippen LogP contribution in [0.25, 0.3) is 0 Å². The monoisotopic (exact) mass is 273 g/mol. The molecule has 0 spiro atoms. The number of nitrogens with one attached hydrogen (secondary N) is 1. The molecule has 20 heavy (non-hydrogen) atoms. The van der Waals surface area contributed by atoms with Crippen molar-refractivity contribution in [2.45, 2.75) is 13.5 Å². The number of carbonyl (C=O) groups is 1. The lowest BCUT2D eigenvalue weighted by Crippen LogP contribution is -2.03. The second kappa shape index (κ2) is 6.19. The number of benzene rings is 2. The van der Waals surface area contributed by atoms with Gasteiger partial charge in [0.25, 0.3) is 0 Å². The zero-order valence-electron chi connectivity index (χ0n) is 11.4. The highest BCUT2D eigenvalue weighted by atomic mass is 19.1. The zero-order chi connectivity index (χ0) is 14.5. The largest absolute Gasteiger partial charge is 0.496 e. The zero-order valence-corrected chi connectivity index (χ0v) is 11.4. The van der Waals surface area contributed by atoms with E-state index in [1.165, 1.54) is 12.1 Å². The van der Waals surface area contributed by atoms with Gasteiger partial charge in [0.2, 0.25) is 0 Å². The van der Waals surface area contributed by atoms with Crippen LogP contribution in [0.1, 0.15) is 21.5 Å². The van der Waals surface area contributed by atoms with Gasteiger partial charge >= 0.3 is 0 Å². The molecule has 0 fully saturated rings. The van der Waals surface area contributed by atoms with Crippen LogP contribution < -0.4 is 10.1 Å². The van der Waals surface area contributed by atoms with Crippen LogP contribution in [0, 0.1) is 12.7 Å². The number of hydrogen-bond acceptors (Lipinski definition) is 3. The minimum absolute atomic E-state index is 0.296. The van der Waals surface area contributed by atoms with Crippen LogP contribution in [0.5, 0.6) is 5.75 Å². The molecule has 2 aromatic carbocycles. The molecule has 0 aliphatic heterocycles. The lowest BCUT2D eigenvalue weighted by Gasteiger charge is -2.12. The Morgan fingerprint density at radius 2 is 2.05 bits per heavy atom. The molecule has 0 aromatic heterocycles. The average molecular weight is 273 g/mol. The number of aryl methyl sites for hydroxylation is 1. The molecule has 0 atom stereocenters. The number of rotatable bonds is 5. The second-order valence-corrected chi connectivity index (χ2v) is 4.50. The fraction of sp³-hybridized carbons (Fsp3) is 0.188. The summed E-state index contributed by atoms with van der Waals surface area (Å²) in [6, 6.07) is 9.80. The van der Waals surface area contributed by atoms with E-state index in [0.29, 0.717) is 17.9 Å². The fourth-order valence-electron chi connectivity index (χ4n) is 2.03. The maximum absolute atomic E-state index is 13.3. The van der Waals surface area contributed by atoms with Crippen molar-refractivity contribution in [2.75, 3.05) is 12.4 Å². The molecule has 2 aromatic rings. The third-order valence-electron chi connectivity index (χ3n) is 3.10. The molecule has 0 saturated carbocycles. The Morgan fingerprint density at radius 1 is 1.25 bits per heavy atom. The quantitative estimate of drug-likeness (QED) is 0.846. The van der Waals surface area contributed by atoms with E-state index in [2.05, 4.69) is 5.32 Å². The summed E-state index contributed by atoms with van der Waals surface area (Å²) in [6.07, 6.45) is 0.812. The Balaban J connectivity index is 2.16. The number of aldehydes is 1. The van der Waals surface area contributed by atoms with Crippen LogP contribution in [0.3, 0.4) is 0 Å². The number of carbonyl (C=O) groups excluding carboxylic acids is 1. The molecule has 3 nitrogen and oxygen atoms in total. The van der Waals surface area contributed by atoms with Crippen LogP contribution in [0.2, 0.25) is 0 Å². The molecule has 4 heteroatoms. The predicted octanol–water partition coefficient (Wildman–Crippen LogP) is 3.57. The topological polar surface area (TPSA) is 38.3 Å². The molecule has 0 bridgehead atoms. The third kappa shape index (κ3) is 3.15. The molecule has 0 saturated heterocycles. The minimum Gasteiger partial charge on any atom is -0.496 e. The molecule has 0 unspecified atom stereocenters. The summed E-state index contributed by atoms with van der Waals surface area (Å²) in [5.74, 6) is 0.344. The van der Waals surface area contributed by atoms with Gasteiger partial charge in [-0.2, -0.15) is 0 Å². The van der Waals surface area contributed by atoms with Crippen molar-refractivity contribution in [3.63, 3.8) is 0 Å². The van der Waals surface area contributed by atoms with Crippen LogP contribution in [-0.2, 0) is 6.54 Å². The van der Waals surface area contributed by atoms with E-state index in [0.717, 1.165) is 23.1 Å². The molecule has 0 aliphatic carbocycles. The van der Waals surface area contributed by atoms with E-state index in [9.17, 15) is 9.18 Å². The van der Waals surface area contributed by atoms with Gasteiger partial charge in [0, 0.05) is 23.4 Å². The summed E-state index contributed by atoms with van der Waals surface area (Å²) in [5, 5.41) is 3.22. The standard InChI is InChI=1S/C16H16FNO2/c1-11-7-12(10-19)3-5-15(11)18-9-13-8-14(17)4-6-16(13)20-2/h3-8,10,18H,9H2,1-2H3. The summed E-state index contributed by atoms with van der Waals surface area (Å²) < 4.78 is 18.5. The van der Waals surface area contributed by atoms with Gasteiger partial charge in [0.1, 0.15) is 17.9 Å². The third-order valence-corrected chi connectivity index (χ3v) is 3.10. The molecule has 0 amide bonds. The predicted molar refractivity (Wildman–Crippen MR) is 76.8 cm³/mol. The van der Waals surface area contributed by atoms with Crippen molar-refractivity contribution in [1.82, 2.24) is 0 Å². The molecule has 0 radical (unpaired) electrons. The highest BCUT2D eigenvalue weighted by Crippen LogP contribution is 2.22. The molecule has 0 heterocycles. The van der Waals surface area contributed by atoms with E-state index in [1.807, 2.05) is 13.0 Å². The highest BCUT2D eigenvalue weighted by Gasteiger charge is 2.06. The SMILES string of the molecule is COc1ccc(F)cc1CNc1ccc(C=O)cc1C. The van der Waals surface area contributed by atoms with E-state index in [-0.39, 0.29) is 5.82 Å². The number of anilines is 1. The van der Waals surface area contributed by atoms with Gasteiger partial charge in [-0.05, 0) is 48.9 Å². The molecular formula is C16H16FNO2. The van der Waals surface area contributed by atoms with Crippen LogP contribution in [-0.4, -0.2) is 13.4 Å². The van der Waals surface area contributed by atoms with Crippen LogP contribution >= 0.6 is 0 Å². The van der Waals surface area contributed by atoms with Crippen molar-refractivity contribution >= 4 is 12.0 Å². The van der Waals surface area contributed by atoms with Gasteiger partial charge in [0.15, 0.2) is 0 Å². The van der Waals surface area contributed by atoms with Crippen molar-refractivity contribution in [1.29, 1.82) is 0 Å². The lowest BCUT2D eigenvalue weighted by molar-refractivity contribution is 0.112. The normalized spacial score (nSPS) is 10.2. The maximum atomic E-state index is 13.3. The van der Waals surface area contributed by atoms with Gasteiger partial charge in [-0.1, -0.05) is 0 Å². The van der Waals surface area contributed by atoms with Crippen molar-refractivity contribution < 1.29 is 13.9 Å². The van der Waals surface area contributed by atoms with Crippen LogP contribution in [0.4, 0.5) is 10.1 Å². The Bertz CT molecular complexity index is 626. The molecule has 104 valence electrons. The van der Waals surface area contributed by atoms with Gasteiger partial charge in [-0.25, -0.2) is 4.39 Å². The van der Waals surface area contributed by atoms with Crippen molar-refractivity contribution in [3.8, 4) is 5.75 Å². The first-order valence-electron chi connectivity index (χ1n) is 6.26. The van der Waals surface area contributed by atoms with Crippen LogP contribution in [0.15, 0.2) is 36.4 Å². The molecule has 2 rings (SSSR count). The summed E-state index contributed by atoms with van der Waals surface area (Å²) in [7, 11) is 1.56. The van der Waals surface area contributed by atoms with Gasteiger partial charge in [-0.15, -0.1) is 0 Å². The molecule has 0 aliphatic rings. The molecular weight excluding hydrogens is 257 g/mol. The fourth-order valence-corrected chi connectivity index (χ4v) is 2.03. The first kappa shape index (κ1) is 14.1. The Hall–Kier alpha value is -2.36. The van der Waals surface area contributed by atoms with Crippen molar-refractivity contribution in [2.24, 2.45) is 0 Å². The van der Waals surface area contributed by atoms with E-state index < -0.39 is 0 Å². The van der Waals surface area contributed by atoms with Crippen molar-refractivity contribution in [3.05, 3.63) is 58.9 Å².